The van der Waals surface area contributed by atoms with Crippen LogP contribution in [0.2, 0.25) is 0 Å². The van der Waals surface area contributed by atoms with Gasteiger partial charge in [0.1, 0.15) is 0 Å². The fourth-order valence-corrected chi connectivity index (χ4v) is 4.74. The highest BCUT2D eigenvalue weighted by atomic mass is 32.2. The third-order valence-electron chi connectivity index (χ3n) is 3.53. The molecule has 1 N–H and O–H groups in total. The minimum absolute atomic E-state index is 0.0990. The Hall–Kier alpha value is -0.130. The second-order valence-electron chi connectivity index (χ2n) is 4.47. The second kappa shape index (κ2) is 4.39. The average molecular weight is 232 g/mol. The van der Waals surface area contributed by atoms with E-state index in [1.165, 1.54) is 0 Å². The molecule has 4 nitrogen and oxygen atoms in total. The van der Waals surface area contributed by atoms with Gasteiger partial charge in [0.25, 0.3) is 0 Å². The van der Waals surface area contributed by atoms with Crippen LogP contribution in [-0.4, -0.2) is 43.6 Å². The van der Waals surface area contributed by atoms with Crippen LogP contribution < -0.4 is 5.32 Å². The van der Waals surface area contributed by atoms with E-state index in [0.717, 1.165) is 38.8 Å². The maximum Gasteiger partial charge on any atom is 0.217 e. The van der Waals surface area contributed by atoms with Crippen molar-refractivity contribution in [2.45, 2.75) is 43.9 Å². The smallest absolute Gasteiger partial charge is 0.217 e. The van der Waals surface area contributed by atoms with Crippen molar-refractivity contribution in [1.29, 1.82) is 0 Å². The van der Waals surface area contributed by atoms with E-state index in [1.54, 1.807) is 4.31 Å². The molecule has 1 saturated heterocycles. The molecule has 0 aromatic heterocycles. The van der Waals surface area contributed by atoms with E-state index in [1.807, 2.05) is 6.92 Å². The Labute approximate surface area is 92.1 Å². The quantitative estimate of drug-likeness (QED) is 0.770. The first kappa shape index (κ1) is 11.4. The molecule has 1 aliphatic heterocycles. The van der Waals surface area contributed by atoms with Crippen molar-refractivity contribution >= 4 is 10.0 Å². The van der Waals surface area contributed by atoms with Gasteiger partial charge >= 0.3 is 0 Å². The highest BCUT2D eigenvalue weighted by Crippen LogP contribution is 2.28. The fraction of sp³-hybridized carbons (Fsp3) is 1.00. The lowest BCUT2D eigenvalue weighted by molar-refractivity contribution is 0.247. The van der Waals surface area contributed by atoms with Gasteiger partial charge in [0.15, 0.2) is 0 Å². The lowest BCUT2D eigenvalue weighted by Gasteiger charge is -2.38. The molecule has 88 valence electrons. The van der Waals surface area contributed by atoms with Crippen molar-refractivity contribution in [3.8, 4) is 0 Å². The molecule has 0 unspecified atom stereocenters. The lowest BCUT2D eigenvalue weighted by atomic mass is 10.2. The van der Waals surface area contributed by atoms with E-state index < -0.39 is 10.0 Å². The maximum absolute atomic E-state index is 12.3. The van der Waals surface area contributed by atoms with Gasteiger partial charge in [-0.25, -0.2) is 8.42 Å². The average Bonchev–Trinajstić information content (AvgIpc) is 2.63. The van der Waals surface area contributed by atoms with Crippen LogP contribution in [-0.2, 0) is 10.0 Å². The minimum Gasteiger partial charge on any atom is -0.313 e. The Bertz CT molecular complexity index is 305. The van der Waals surface area contributed by atoms with E-state index in [2.05, 4.69) is 5.32 Å². The molecule has 2 fully saturated rings. The molecule has 0 atom stereocenters. The third kappa shape index (κ3) is 2.05. The first-order chi connectivity index (χ1) is 7.16. The monoisotopic (exact) mass is 232 g/mol. The lowest BCUT2D eigenvalue weighted by Crippen LogP contribution is -2.59. The number of likely N-dealkylation sites (N-methyl/N-ethyl adjacent to an activating group) is 1. The number of rotatable bonds is 4. The highest BCUT2D eigenvalue weighted by Gasteiger charge is 2.38. The summed E-state index contributed by atoms with van der Waals surface area (Å²) < 4.78 is 26.3. The predicted molar refractivity (Wildman–Crippen MR) is 60.2 cm³/mol. The first-order valence-electron chi connectivity index (χ1n) is 5.87. The molecule has 1 aliphatic carbocycles. The first-order valence-corrected chi connectivity index (χ1v) is 7.38. The summed E-state index contributed by atoms with van der Waals surface area (Å²) in [6.07, 6.45) is 3.87. The number of hydrogen-bond donors (Lipinski definition) is 1. The van der Waals surface area contributed by atoms with Gasteiger partial charge in [-0.05, 0) is 12.8 Å². The molecule has 5 heteroatoms. The molecule has 1 saturated carbocycles. The zero-order chi connectivity index (χ0) is 10.9. The van der Waals surface area contributed by atoms with Crippen molar-refractivity contribution in [1.82, 2.24) is 9.62 Å². The summed E-state index contributed by atoms with van der Waals surface area (Å²) in [5, 5.41) is 3.03. The van der Waals surface area contributed by atoms with E-state index in [9.17, 15) is 8.42 Å². The van der Waals surface area contributed by atoms with Crippen LogP contribution in [0.1, 0.15) is 32.6 Å². The number of nitrogens with zero attached hydrogens (tertiary/aromatic N) is 1. The van der Waals surface area contributed by atoms with E-state index in [4.69, 9.17) is 0 Å². The van der Waals surface area contributed by atoms with Crippen molar-refractivity contribution in [2.24, 2.45) is 0 Å². The molecule has 0 spiro atoms. The Morgan fingerprint density at radius 2 is 1.87 bits per heavy atom. The Kier molecular flexibility index (Phi) is 3.33. The van der Waals surface area contributed by atoms with E-state index >= 15 is 0 Å². The normalized spacial score (nSPS) is 24.7. The molecule has 0 amide bonds. The zero-order valence-electron chi connectivity index (χ0n) is 9.28. The van der Waals surface area contributed by atoms with Gasteiger partial charge in [0, 0.05) is 25.7 Å². The molecule has 2 rings (SSSR count). The van der Waals surface area contributed by atoms with Crippen LogP contribution in [0.25, 0.3) is 0 Å². The van der Waals surface area contributed by atoms with Crippen LogP contribution in [0.3, 0.4) is 0 Å². The molecule has 0 aromatic carbocycles. The summed E-state index contributed by atoms with van der Waals surface area (Å²) in [5.41, 5.74) is 0. The second-order valence-corrected chi connectivity index (χ2v) is 6.63. The van der Waals surface area contributed by atoms with Crippen LogP contribution in [0.5, 0.6) is 0 Å². The van der Waals surface area contributed by atoms with Crippen LogP contribution in [0.15, 0.2) is 0 Å². The van der Waals surface area contributed by atoms with Crippen LogP contribution >= 0.6 is 0 Å². The SMILES string of the molecule is CCN(C1CNC1)S(=O)(=O)C1CCCC1. The molecule has 1 heterocycles. The van der Waals surface area contributed by atoms with Crippen LogP contribution in [0.4, 0.5) is 0 Å². The number of hydrogen-bond acceptors (Lipinski definition) is 3. The van der Waals surface area contributed by atoms with Gasteiger partial charge in [0.2, 0.25) is 10.0 Å². The summed E-state index contributed by atoms with van der Waals surface area (Å²) in [6, 6.07) is 0.209. The van der Waals surface area contributed by atoms with Crippen molar-refractivity contribution in [2.75, 3.05) is 19.6 Å². The Balaban J connectivity index is 2.10. The Morgan fingerprint density at radius 1 is 1.27 bits per heavy atom. The van der Waals surface area contributed by atoms with E-state index in [0.29, 0.717) is 6.54 Å². The van der Waals surface area contributed by atoms with Crippen molar-refractivity contribution < 1.29 is 8.42 Å². The summed E-state index contributed by atoms with van der Waals surface area (Å²) in [6.45, 7) is 4.19. The standard InChI is InChI=1S/C10H20N2O2S/c1-2-12(9-7-11-8-9)15(13,14)10-5-3-4-6-10/h9-11H,2-8H2,1H3. The number of nitrogens with one attached hydrogen (secondary N) is 1. The topological polar surface area (TPSA) is 49.4 Å². The molecule has 0 bridgehead atoms. The molecular weight excluding hydrogens is 212 g/mol. The predicted octanol–water partition coefficient (Wildman–Crippen LogP) is 0.552. The molecule has 15 heavy (non-hydrogen) atoms. The van der Waals surface area contributed by atoms with Gasteiger partial charge in [-0.2, -0.15) is 4.31 Å². The van der Waals surface area contributed by atoms with Crippen molar-refractivity contribution in [3.05, 3.63) is 0 Å². The molecule has 0 aromatic rings. The van der Waals surface area contributed by atoms with Gasteiger partial charge in [-0.3, -0.25) is 0 Å². The molecule has 0 radical (unpaired) electrons. The van der Waals surface area contributed by atoms with Gasteiger partial charge in [-0.15, -0.1) is 0 Å². The Morgan fingerprint density at radius 3 is 2.27 bits per heavy atom. The van der Waals surface area contributed by atoms with Gasteiger partial charge in [-0.1, -0.05) is 19.8 Å². The largest absolute Gasteiger partial charge is 0.313 e. The zero-order valence-corrected chi connectivity index (χ0v) is 10.1. The summed E-state index contributed by atoms with van der Waals surface area (Å²) in [4.78, 5) is 0. The van der Waals surface area contributed by atoms with Crippen molar-refractivity contribution in [3.63, 3.8) is 0 Å². The van der Waals surface area contributed by atoms with Gasteiger partial charge < -0.3 is 5.32 Å². The highest BCUT2D eigenvalue weighted by molar-refractivity contribution is 7.89. The minimum atomic E-state index is -3.02. The van der Waals surface area contributed by atoms with Gasteiger partial charge in [0.05, 0.1) is 5.25 Å². The maximum atomic E-state index is 12.3. The summed E-state index contributed by atoms with van der Waals surface area (Å²) in [7, 11) is -3.02. The summed E-state index contributed by atoms with van der Waals surface area (Å²) >= 11 is 0. The van der Waals surface area contributed by atoms with Crippen LogP contribution in [0, 0.1) is 0 Å². The number of sulfonamides is 1. The fourth-order valence-electron chi connectivity index (χ4n) is 2.50. The molecule has 2 aliphatic rings. The summed E-state index contributed by atoms with van der Waals surface area (Å²) in [5.74, 6) is 0. The van der Waals surface area contributed by atoms with E-state index in [-0.39, 0.29) is 11.3 Å². The molecular formula is C10H20N2O2S. The third-order valence-corrected chi connectivity index (χ3v) is 6.05.